The average molecular weight is 354 g/mol. The van der Waals surface area contributed by atoms with Gasteiger partial charge in [0.1, 0.15) is 11.3 Å². The van der Waals surface area contributed by atoms with E-state index in [1.165, 1.54) is 11.1 Å². The van der Waals surface area contributed by atoms with Crippen LogP contribution in [0.3, 0.4) is 0 Å². The zero-order valence-corrected chi connectivity index (χ0v) is 14.7. The number of rotatable bonds is 5. The van der Waals surface area contributed by atoms with E-state index < -0.39 is 0 Å². The van der Waals surface area contributed by atoms with E-state index in [1.54, 1.807) is 6.20 Å². The van der Waals surface area contributed by atoms with Gasteiger partial charge in [-0.05, 0) is 23.3 Å². The van der Waals surface area contributed by atoms with Crippen LogP contribution in [0.25, 0.3) is 22.6 Å². The van der Waals surface area contributed by atoms with Crippen molar-refractivity contribution in [2.24, 2.45) is 0 Å². The third-order valence-electron chi connectivity index (χ3n) is 4.56. The van der Waals surface area contributed by atoms with Crippen LogP contribution >= 0.6 is 0 Å². The van der Waals surface area contributed by atoms with E-state index in [1.807, 2.05) is 46.0 Å². The highest BCUT2D eigenvalue weighted by atomic mass is 15.3. The van der Waals surface area contributed by atoms with E-state index in [0.717, 1.165) is 29.1 Å². The number of nitrogens with zero attached hydrogens (tertiary/aromatic N) is 5. The summed E-state index contributed by atoms with van der Waals surface area (Å²) in [5, 5.41) is 8.74. The molecule has 0 fully saturated rings. The fourth-order valence-electron chi connectivity index (χ4n) is 3.25. The van der Waals surface area contributed by atoms with Crippen LogP contribution < -0.4 is 0 Å². The molecule has 0 saturated carbocycles. The Morgan fingerprint density at radius 2 is 1.74 bits per heavy atom. The standard InChI is InChI=1S/C21H18N6/c1-2-6-16(7-3-1)15-27-21-19(13-23-27)24-20(25-21)18-9-4-8-17(12-18)14-26-11-5-10-22-26/h1-13H,14-15H2,(H,24,25). The van der Waals surface area contributed by atoms with Crippen LogP contribution in [0.2, 0.25) is 0 Å². The molecule has 0 saturated heterocycles. The minimum Gasteiger partial charge on any atom is -0.335 e. The van der Waals surface area contributed by atoms with E-state index in [2.05, 4.69) is 51.6 Å². The summed E-state index contributed by atoms with van der Waals surface area (Å²) in [5.74, 6) is 0.853. The van der Waals surface area contributed by atoms with Crippen LogP contribution in [0.4, 0.5) is 0 Å². The second-order valence-electron chi connectivity index (χ2n) is 6.51. The van der Waals surface area contributed by atoms with Gasteiger partial charge in [0, 0.05) is 18.0 Å². The van der Waals surface area contributed by atoms with E-state index in [4.69, 9.17) is 4.98 Å². The predicted octanol–water partition coefficient (Wildman–Crippen LogP) is 3.72. The van der Waals surface area contributed by atoms with Gasteiger partial charge in [-0.15, -0.1) is 0 Å². The predicted molar refractivity (Wildman–Crippen MR) is 104 cm³/mol. The zero-order valence-electron chi connectivity index (χ0n) is 14.7. The number of H-pyrrole nitrogens is 1. The Hall–Kier alpha value is -3.67. The van der Waals surface area contributed by atoms with Crippen LogP contribution in [0.15, 0.2) is 79.3 Å². The first-order chi connectivity index (χ1) is 13.3. The van der Waals surface area contributed by atoms with E-state index in [0.29, 0.717) is 6.54 Å². The van der Waals surface area contributed by atoms with Crippen LogP contribution in [-0.2, 0) is 13.1 Å². The molecule has 0 amide bonds. The molecule has 132 valence electrons. The maximum atomic E-state index is 4.80. The Balaban J connectivity index is 1.45. The minimum atomic E-state index is 0.702. The molecule has 6 nitrogen and oxygen atoms in total. The number of imidazole rings is 1. The number of hydrogen-bond acceptors (Lipinski definition) is 3. The maximum absolute atomic E-state index is 4.80. The summed E-state index contributed by atoms with van der Waals surface area (Å²) >= 11 is 0. The SMILES string of the molecule is c1ccc(Cn2ncc3[nH]c(-c4cccc(Cn5cccn5)c4)nc32)cc1. The Bertz CT molecular complexity index is 1170. The van der Waals surface area contributed by atoms with E-state index in [9.17, 15) is 0 Å². The van der Waals surface area contributed by atoms with Crippen LogP contribution in [0.5, 0.6) is 0 Å². The van der Waals surface area contributed by atoms with Gasteiger partial charge in [0.15, 0.2) is 5.65 Å². The molecule has 0 aliphatic heterocycles. The molecule has 2 aromatic carbocycles. The van der Waals surface area contributed by atoms with Crippen molar-refractivity contribution in [2.75, 3.05) is 0 Å². The number of benzene rings is 2. The van der Waals surface area contributed by atoms with E-state index in [-0.39, 0.29) is 0 Å². The summed E-state index contributed by atoms with van der Waals surface area (Å²) in [6, 6.07) is 20.6. The molecule has 5 rings (SSSR count). The zero-order chi connectivity index (χ0) is 18.1. The molecule has 0 unspecified atom stereocenters. The Morgan fingerprint density at radius 1 is 0.852 bits per heavy atom. The number of hydrogen-bond donors (Lipinski definition) is 1. The number of aromatic amines is 1. The Kier molecular flexibility index (Phi) is 3.79. The fraction of sp³-hybridized carbons (Fsp3) is 0.0952. The first-order valence-electron chi connectivity index (χ1n) is 8.87. The second-order valence-corrected chi connectivity index (χ2v) is 6.51. The molecule has 1 N–H and O–H groups in total. The van der Waals surface area contributed by atoms with Crippen LogP contribution in [0.1, 0.15) is 11.1 Å². The molecule has 0 aliphatic carbocycles. The highest BCUT2D eigenvalue weighted by Gasteiger charge is 2.11. The molecule has 0 bridgehead atoms. The first kappa shape index (κ1) is 15.6. The largest absolute Gasteiger partial charge is 0.335 e. The minimum absolute atomic E-state index is 0.702. The van der Waals surface area contributed by atoms with Crippen molar-refractivity contribution < 1.29 is 0 Å². The van der Waals surface area contributed by atoms with Crippen molar-refractivity contribution in [1.29, 1.82) is 0 Å². The molecule has 6 heteroatoms. The summed E-state index contributed by atoms with van der Waals surface area (Å²) in [6.45, 7) is 1.44. The highest BCUT2D eigenvalue weighted by Crippen LogP contribution is 2.22. The second kappa shape index (κ2) is 6.57. The lowest BCUT2D eigenvalue weighted by Gasteiger charge is -2.04. The molecule has 3 heterocycles. The molecule has 3 aromatic heterocycles. The van der Waals surface area contributed by atoms with Crippen molar-refractivity contribution in [3.8, 4) is 11.4 Å². The molecule has 0 atom stereocenters. The topological polar surface area (TPSA) is 64.3 Å². The lowest BCUT2D eigenvalue weighted by atomic mass is 10.1. The summed E-state index contributed by atoms with van der Waals surface area (Å²) < 4.78 is 3.84. The highest BCUT2D eigenvalue weighted by molar-refractivity contribution is 5.76. The molecular weight excluding hydrogens is 336 g/mol. The fourth-order valence-corrected chi connectivity index (χ4v) is 3.25. The molecular formula is C21H18N6. The normalized spacial score (nSPS) is 11.3. The lowest BCUT2D eigenvalue weighted by molar-refractivity contribution is 0.687. The Morgan fingerprint density at radius 3 is 2.59 bits per heavy atom. The summed E-state index contributed by atoms with van der Waals surface area (Å²) in [6.07, 6.45) is 5.59. The summed E-state index contributed by atoms with van der Waals surface area (Å²) in [7, 11) is 0. The van der Waals surface area contributed by atoms with Crippen molar-refractivity contribution >= 4 is 11.2 Å². The first-order valence-corrected chi connectivity index (χ1v) is 8.87. The molecule has 0 aliphatic rings. The number of fused-ring (bicyclic) bond motifs is 1. The smallest absolute Gasteiger partial charge is 0.177 e. The van der Waals surface area contributed by atoms with Crippen molar-refractivity contribution in [3.63, 3.8) is 0 Å². The summed E-state index contributed by atoms with van der Waals surface area (Å²) in [5.41, 5.74) is 5.25. The van der Waals surface area contributed by atoms with Crippen molar-refractivity contribution in [1.82, 2.24) is 29.5 Å². The third kappa shape index (κ3) is 3.13. The van der Waals surface area contributed by atoms with Crippen LogP contribution in [-0.4, -0.2) is 29.5 Å². The molecule has 5 aromatic rings. The monoisotopic (exact) mass is 354 g/mol. The van der Waals surface area contributed by atoms with Gasteiger partial charge in [0.25, 0.3) is 0 Å². The van der Waals surface area contributed by atoms with Gasteiger partial charge in [-0.3, -0.25) is 4.68 Å². The van der Waals surface area contributed by atoms with Crippen molar-refractivity contribution in [3.05, 3.63) is 90.4 Å². The summed E-state index contributed by atoms with van der Waals surface area (Å²) in [4.78, 5) is 8.19. The quantitative estimate of drug-likeness (QED) is 0.523. The van der Waals surface area contributed by atoms with Gasteiger partial charge in [0.2, 0.25) is 0 Å². The molecule has 0 spiro atoms. The van der Waals surface area contributed by atoms with Crippen LogP contribution in [0, 0.1) is 0 Å². The van der Waals surface area contributed by atoms with Gasteiger partial charge in [0.05, 0.1) is 19.3 Å². The van der Waals surface area contributed by atoms with Gasteiger partial charge in [-0.25, -0.2) is 9.67 Å². The van der Waals surface area contributed by atoms with Gasteiger partial charge in [-0.1, -0.05) is 48.5 Å². The molecule has 27 heavy (non-hydrogen) atoms. The molecule has 0 radical (unpaired) electrons. The maximum Gasteiger partial charge on any atom is 0.177 e. The number of nitrogens with one attached hydrogen (secondary N) is 1. The van der Waals surface area contributed by atoms with Crippen molar-refractivity contribution in [2.45, 2.75) is 13.1 Å². The van der Waals surface area contributed by atoms with E-state index >= 15 is 0 Å². The third-order valence-corrected chi connectivity index (χ3v) is 4.56. The lowest BCUT2D eigenvalue weighted by Crippen LogP contribution is -2.01. The Labute approximate surface area is 156 Å². The van der Waals surface area contributed by atoms with Gasteiger partial charge < -0.3 is 4.98 Å². The average Bonchev–Trinajstić information content (AvgIpc) is 3.42. The van der Waals surface area contributed by atoms with Gasteiger partial charge in [-0.2, -0.15) is 10.2 Å². The van der Waals surface area contributed by atoms with Gasteiger partial charge >= 0.3 is 0 Å². The number of aromatic nitrogens is 6.